The molecule has 114 valence electrons. The summed E-state index contributed by atoms with van der Waals surface area (Å²) in [7, 11) is 0. The molecule has 0 saturated carbocycles. The smallest absolute Gasteiger partial charge is 0.449 e. The van der Waals surface area contributed by atoms with Crippen molar-refractivity contribution in [1.82, 2.24) is 0 Å². The monoisotopic (exact) mass is 308 g/mol. The highest BCUT2D eigenvalue weighted by atomic mass is 19.1. The van der Waals surface area contributed by atoms with Crippen molar-refractivity contribution in [2.45, 2.75) is 6.92 Å². The van der Waals surface area contributed by atoms with Crippen LogP contribution in [0.3, 0.4) is 0 Å². The van der Waals surface area contributed by atoms with Crippen LogP contribution < -0.4 is 9.47 Å². The van der Waals surface area contributed by atoms with E-state index in [1.54, 1.807) is 0 Å². The molecule has 0 spiro atoms. The number of hydrogen-bond donors (Lipinski definition) is 1. The molecule has 0 aliphatic heterocycles. The molecule has 1 N–H and O–H groups in total. The Morgan fingerprint density at radius 1 is 1.00 bits per heavy atom. The summed E-state index contributed by atoms with van der Waals surface area (Å²) in [5, 5.41) is 8.69. The van der Waals surface area contributed by atoms with E-state index in [9.17, 15) is 18.4 Å². The molecule has 0 atom stereocenters. The van der Waals surface area contributed by atoms with Crippen LogP contribution in [0.4, 0.5) is 13.6 Å². The second kappa shape index (κ2) is 6.21. The summed E-state index contributed by atoms with van der Waals surface area (Å²) in [5.41, 5.74) is 0.288. The van der Waals surface area contributed by atoms with Gasteiger partial charge in [-0.3, -0.25) is 4.79 Å². The van der Waals surface area contributed by atoms with Gasteiger partial charge >= 0.3 is 12.1 Å². The van der Waals surface area contributed by atoms with Gasteiger partial charge < -0.3 is 14.6 Å². The molecule has 2 rings (SSSR count). The molecule has 5 nitrogen and oxygen atoms in total. The van der Waals surface area contributed by atoms with Crippen molar-refractivity contribution in [3.8, 4) is 22.6 Å². The van der Waals surface area contributed by atoms with Crippen molar-refractivity contribution in [3.05, 3.63) is 48.0 Å². The van der Waals surface area contributed by atoms with Crippen molar-refractivity contribution in [1.29, 1.82) is 0 Å². The fraction of sp³-hybridized carbons (Fsp3) is 0.0667. The minimum absolute atomic E-state index is 0.0472. The van der Waals surface area contributed by atoms with E-state index in [1.807, 2.05) is 0 Å². The Balaban J connectivity index is 2.49. The third-order valence-electron chi connectivity index (χ3n) is 2.64. The third-order valence-corrected chi connectivity index (χ3v) is 2.64. The number of halogens is 2. The molecule has 0 aliphatic rings. The van der Waals surface area contributed by atoms with Gasteiger partial charge in [0.2, 0.25) is 0 Å². The van der Waals surface area contributed by atoms with Gasteiger partial charge in [-0.2, -0.15) is 0 Å². The van der Waals surface area contributed by atoms with Crippen LogP contribution in [-0.2, 0) is 4.79 Å². The molecule has 0 aliphatic carbocycles. The highest BCUT2D eigenvalue weighted by Gasteiger charge is 2.15. The molecule has 0 aromatic heterocycles. The number of benzene rings is 2. The Bertz CT molecular complexity index is 743. The Morgan fingerprint density at radius 2 is 1.73 bits per heavy atom. The summed E-state index contributed by atoms with van der Waals surface area (Å²) in [5.74, 6) is -2.62. The SMILES string of the molecule is CC(=O)Oc1ccc(-c2ccc(F)cc2F)cc1OC(=O)O. The highest BCUT2D eigenvalue weighted by Crippen LogP contribution is 2.34. The van der Waals surface area contributed by atoms with E-state index in [1.165, 1.54) is 24.3 Å². The number of carboxylic acid groups (broad SMARTS) is 1. The van der Waals surface area contributed by atoms with Crippen LogP contribution >= 0.6 is 0 Å². The van der Waals surface area contributed by atoms with Gasteiger partial charge in [0.05, 0.1) is 0 Å². The fourth-order valence-corrected chi connectivity index (χ4v) is 1.81. The predicted molar refractivity (Wildman–Crippen MR) is 71.8 cm³/mol. The molecule has 0 amide bonds. The van der Waals surface area contributed by atoms with Crippen LogP contribution in [0.25, 0.3) is 11.1 Å². The zero-order chi connectivity index (χ0) is 16.3. The minimum atomic E-state index is -1.62. The van der Waals surface area contributed by atoms with Gasteiger partial charge in [0.25, 0.3) is 0 Å². The van der Waals surface area contributed by atoms with Crippen LogP contribution in [0.1, 0.15) is 6.92 Å². The van der Waals surface area contributed by atoms with E-state index in [0.717, 1.165) is 13.0 Å². The average Bonchev–Trinajstić information content (AvgIpc) is 2.40. The van der Waals surface area contributed by atoms with Crippen molar-refractivity contribution in [2.24, 2.45) is 0 Å². The first-order valence-electron chi connectivity index (χ1n) is 6.05. The van der Waals surface area contributed by atoms with Crippen LogP contribution in [0.5, 0.6) is 11.5 Å². The Kier molecular flexibility index (Phi) is 4.36. The molecule has 0 unspecified atom stereocenters. The Labute approximate surface area is 123 Å². The van der Waals surface area contributed by atoms with E-state index in [0.29, 0.717) is 6.07 Å². The topological polar surface area (TPSA) is 72.8 Å². The molecular formula is C15H10F2O5. The normalized spacial score (nSPS) is 10.1. The molecule has 0 saturated heterocycles. The molecule has 22 heavy (non-hydrogen) atoms. The highest BCUT2D eigenvalue weighted by molar-refractivity contribution is 5.74. The summed E-state index contributed by atoms with van der Waals surface area (Å²) in [6.45, 7) is 1.14. The maximum Gasteiger partial charge on any atom is 0.511 e. The van der Waals surface area contributed by atoms with Crippen LogP contribution in [0.15, 0.2) is 36.4 Å². The molecular weight excluding hydrogens is 298 g/mol. The largest absolute Gasteiger partial charge is 0.511 e. The minimum Gasteiger partial charge on any atom is -0.449 e. The zero-order valence-corrected chi connectivity index (χ0v) is 11.3. The van der Waals surface area contributed by atoms with E-state index in [2.05, 4.69) is 4.74 Å². The van der Waals surface area contributed by atoms with Crippen molar-refractivity contribution >= 4 is 12.1 Å². The molecule has 0 bridgehead atoms. The van der Waals surface area contributed by atoms with E-state index in [4.69, 9.17) is 9.84 Å². The van der Waals surface area contributed by atoms with Gasteiger partial charge in [-0.05, 0) is 29.8 Å². The lowest BCUT2D eigenvalue weighted by Crippen LogP contribution is -2.08. The van der Waals surface area contributed by atoms with Crippen LogP contribution in [0.2, 0.25) is 0 Å². The van der Waals surface area contributed by atoms with Gasteiger partial charge in [0.1, 0.15) is 11.6 Å². The first kappa shape index (κ1) is 15.4. The first-order valence-corrected chi connectivity index (χ1v) is 6.05. The number of rotatable bonds is 3. The third kappa shape index (κ3) is 3.57. The molecule has 7 heteroatoms. The van der Waals surface area contributed by atoms with Crippen molar-refractivity contribution < 1.29 is 33.0 Å². The summed E-state index contributed by atoms with van der Waals surface area (Å²) in [4.78, 5) is 21.7. The molecule has 2 aromatic rings. The fourth-order valence-electron chi connectivity index (χ4n) is 1.81. The average molecular weight is 308 g/mol. The lowest BCUT2D eigenvalue weighted by Gasteiger charge is -2.10. The molecule has 0 heterocycles. The lowest BCUT2D eigenvalue weighted by atomic mass is 10.0. The molecule has 2 aromatic carbocycles. The summed E-state index contributed by atoms with van der Waals surface area (Å²) >= 11 is 0. The second-order valence-electron chi connectivity index (χ2n) is 4.25. The summed E-state index contributed by atoms with van der Waals surface area (Å²) < 4.78 is 36.0. The van der Waals surface area contributed by atoms with Gasteiger partial charge in [0.15, 0.2) is 11.5 Å². The van der Waals surface area contributed by atoms with Gasteiger partial charge in [-0.1, -0.05) is 6.07 Å². The van der Waals surface area contributed by atoms with Crippen molar-refractivity contribution in [2.75, 3.05) is 0 Å². The van der Waals surface area contributed by atoms with Gasteiger partial charge in [-0.25, -0.2) is 13.6 Å². The van der Waals surface area contributed by atoms with Gasteiger partial charge in [0, 0.05) is 18.6 Å². The molecule has 0 radical (unpaired) electrons. The summed E-state index contributed by atoms with van der Waals surface area (Å²) in [6, 6.07) is 6.81. The predicted octanol–water partition coefficient (Wildman–Crippen LogP) is 3.61. The maximum absolute atomic E-state index is 13.8. The van der Waals surface area contributed by atoms with E-state index < -0.39 is 23.8 Å². The van der Waals surface area contributed by atoms with Gasteiger partial charge in [-0.15, -0.1) is 0 Å². The molecule has 0 fully saturated rings. The Morgan fingerprint density at radius 3 is 2.32 bits per heavy atom. The number of hydrogen-bond acceptors (Lipinski definition) is 4. The standard InChI is InChI=1S/C15H10F2O5/c1-8(18)21-13-5-2-9(6-14(13)22-15(19)20)11-4-3-10(16)7-12(11)17/h2-7H,1H3,(H,19,20). The van der Waals surface area contributed by atoms with Crippen molar-refractivity contribution in [3.63, 3.8) is 0 Å². The Hall–Kier alpha value is -2.96. The number of carbonyl (C=O) groups is 2. The lowest BCUT2D eigenvalue weighted by molar-refractivity contribution is -0.132. The van der Waals surface area contributed by atoms with E-state index in [-0.39, 0.29) is 22.6 Å². The van der Waals surface area contributed by atoms with Crippen LogP contribution in [-0.4, -0.2) is 17.2 Å². The number of esters is 1. The maximum atomic E-state index is 13.8. The number of ether oxygens (including phenoxy) is 2. The summed E-state index contributed by atoms with van der Waals surface area (Å²) in [6.07, 6.45) is -1.62. The van der Waals surface area contributed by atoms with E-state index >= 15 is 0 Å². The zero-order valence-electron chi connectivity index (χ0n) is 11.3. The quantitative estimate of drug-likeness (QED) is 0.532. The first-order chi connectivity index (χ1) is 10.4. The number of carbonyl (C=O) groups excluding carboxylic acids is 1. The van der Waals surface area contributed by atoms with Crippen LogP contribution in [0, 0.1) is 11.6 Å². The second-order valence-corrected chi connectivity index (χ2v) is 4.25.